The van der Waals surface area contributed by atoms with Crippen LogP contribution in [0.5, 0.6) is 0 Å². The lowest BCUT2D eigenvalue weighted by molar-refractivity contribution is 0.0168. The highest BCUT2D eigenvalue weighted by atomic mass is 35.5. The average molecular weight is 388 g/mol. The summed E-state index contributed by atoms with van der Waals surface area (Å²) in [6.07, 6.45) is 3.50. The number of rotatable bonds is 5. The molecule has 5 nitrogen and oxygen atoms in total. The van der Waals surface area contributed by atoms with Gasteiger partial charge in [-0.3, -0.25) is 14.3 Å². The quantitative estimate of drug-likeness (QED) is 0.624. The van der Waals surface area contributed by atoms with Gasteiger partial charge in [0, 0.05) is 30.5 Å². The Bertz CT molecular complexity index is 871. The summed E-state index contributed by atoms with van der Waals surface area (Å²) in [6.45, 7) is 2.66. The van der Waals surface area contributed by atoms with E-state index in [1.165, 1.54) is 0 Å². The van der Waals surface area contributed by atoms with Gasteiger partial charge in [-0.2, -0.15) is 0 Å². The number of hydrogen-bond acceptors (Lipinski definition) is 5. The first-order valence-corrected chi connectivity index (χ1v) is 9.68. The summed E-state index contributed by atoms with van der Waals surface area (Å²) in [5.41, 5.74) is 0.919. The first-order valence-electron chi connectivity index (χ1n) is 8.43. The minimum Gasteiger partial charge on any atom is -0.379 e. The molecular weight excluding hydrogens is 370 g/mol. The molecule has 1 aromatic carbocycles. The molecule has 1 saturated heterocycles. The summed E-state index contributed by atoms with van der Waals surface area (Å²) in [7, 11) is 0. The largest absolute Gasteiger partial charge is 0.379 e. The van der Waals surface area contributed by atoms with Crippen LogP contribution >= 0.6 is 22.9 Å². The average Bonchev–Trinajstić information content (AvgIpc) is 3.35. The molecule has 1 atom stereocenters. The number of ketones is 1. The van der Waals surface area contributed by atoms with Crippen molar-refractivity contribution in [2.24, 2.45) is 0 Å². The number of imidazole rings is 1. The number of nitrogens with zero attached hydrogens (tertiary/aromatic N) is 3. The van der Waals surface area contributed by atoms with E-state index in [9.17, 15) is 4.79 Å². The molecule has 1 fully saturated rings. The molecule has 1 aliphatic heterocycles. The fraction of sp³-hybridized carbons (Fsp3) is 0.263. The van der Waals surface area contributed by atoms with E-state index in [2.05, 4.69) is 9.88 Å². The van der Waals surface area contributed by atoms with Crippen LogP contribution in [-0.2, 0) is 4.74 Å². The zero-order valence-corrected chi connectivity index (χ0v) is 15.6. The topological polar surface area (TPSA) is 47.4 Å². The van der Waals surface area contributed by atoms with E-state index < -0.39 is 6.04 Å². The molecule has 0 saturated carbocycles. The summed E-state index contributed by atoms with van der Waals surface area (Å²) in [5, 5.41) is 3.62. The molecule has 134 valence electrons. The number of benzene rings is 1. The van der Waals surface area contributed by atoms with Crippen LogP contribution in [0.3, 0.4) is 0 Å². The van der Waals surface area contributed by atoms with Gasteiger partial charge in [-0.05, 0) is 35.2 Å². The van der Waals surface area contributed by atoms with Crippen molar-refractivity contribution in [3.63, 3.8) is 0 Å². The Morgan fingerprint density at radius 2 is 1.96 bits per heavy atom. The number of carbonyl (C=O) groups excluding carboxylic acids is 1. The van der Waals surface area contributed by atoms with Crippen molar-refractivity contribution in [2.45, 2.75) is 6.04 Å². The van der Waals surface area contributed by atoms with Crippen LogP contribution in [0, 0.1) is 0 Å². The molecule has 0 N–H and O–H groups in total. The van der Waals surface area contributed by atoms with Gasteiger partial charge in [-0.25, -0.2) is 4.98 Å². The molecule has 1 aliphatic rings. The Balaban J connectivity index is 1.73. The van der Waals surface area contributed by atoms with Crippen LogP contribution < -0.4 is 0 Å². The molecule has 0 bridgehead atoms. The third-order valence-corrected chi connectivity index (χ3v) is 5.57. The lowest BCUT2D eigenvalue weighted by atomic mass is 9.99. The summed E-state index contributed by atoms with van der Waals surface area (Å²) in [6, 6.07) is 11.0. The third-order valence-electron chi connectivity index (χ3n) is 4.45. The number of Topliss-reactive ketones (excluding diaryl/α,β-unsaturated/α-hetero) is 1. The lowest BCUT2D eigenvalue weighted by Crippen LogP contribution is -2.42. The van der Waals surface area contributed by atoms with Crippen molar-refractivity contribution in [3.05, 3.63) is 70.6 Å². The summed E-state index contributed by atoms with van der Waals surface area (Å²) < 4.78 is 7.32. The highest BCUT2D eigenvalue weighted by molar-refractivity contribution is 7.12. The number of hydrogen-bond donors (Lipinski definition) is 0. The van der Waals surface area contributed by atoms with Crippen molar-refractivity contribution < 1.29 is 9.53 Å². The maximum atomic E-state index is 13.5. The normalized spacial score (nSPS) is 16.5. The second kappa shape index (κ2) is 7.72. The first-order chi connectivity index (χ1) is 12.7. The second-order valence-electron chi connectivity index (χ2n) is 6.04. The number of carbonyl (C=O) groups is 1. The summed E-state index contributed by atoms with van der Waals surface area (Å²) in [5.74, 6) is 0.423. The molecule has 3 aromatic rings. The van der Waals surface area contributed by atoms with E-state index in [0.717, 1.165) is 10.6 Å². The fourth-order valence-electron chi connectivity index (χ4n) is 3.20. The Labute approximate surface area is 160 Å². The number of ether oxygens (including phenoxy) is 1. The number of thiophene rings is 1. The molecule has 26 heavy (non-hydrogen) atoms. The fourth-order valence-corrected chi connectivity index (χ4v) is 4.04. The molecule has 3 heterocycles. The van der Waals surface area contributed by atoms with Crippen molar-refractivity contribution in [1.29, 1.82) is 0 Å². The molecule has 7 heteroatoms. The molecule has 0 amide bonds. The Morgan fingerprint density at radius 3 is 2.65 bits per heavy atom. The van der Waals surface area contributed by atoms with Gasteiger partial charge < -0.3 is 4.74 Å². The van der Waals surface area contributed by atoms with Crippen molar-refractivity contribution >= 4 is 28.7 Å². The minimum absolute atomic E-state index is 0.0207. The minimum atomic E-state index is -0.405. The Morgan fingerprint density at radius 1 is 1.19 bits per heavy atom. The maximum absolute atomic E-state index is 13.5. The van der Waals surface area contributed by atoms with Gasteiger partial charge in [0.05, 0.1) is 13.2 Å². The van der Waals surface area contributed by atoms with Crippen LogP contribution in [0.1, 0.15) is 22.2 Å². The van der Waals surface area contributed by atoms with E-state index in [4.69, 9.17) is 16.3 Å². The molecule has 0 unspecified atom stereocenters. The van der Waals surface area contributed by atoms with Gasteiger partial charge in [-0.15, -0.1) is 11.3 Å². The third kappa shape index (κ3) is 3.46. The smallest absolute Gasteiger partial charge is 0.220 e. The van der Waals surface area contributed by atoms with Gasteiger partial charge in [-0.1, -0.05) is 23.7 Å². The van der Waals surface area contributed by atoms with E-state index in [0.29, 0.717) is 37.2 Å². The van der Waals surface area contributed by atoms with E-state index in [1.54, 1.807) is 17.5 Å². The van der Waals surface area contributed by atoms with E-state index in [1.807, 2.05) is 52.5 Å². The Kier molecular flexibility index (Phi) is 5.17. The SMILES string of the molecule is O=C(c1nccn1-c1cccs1)[C@H](c1ccc(Cl)cc1)N1CCOCC1. The highest BCUT2D eigenvalue weighted by Gasteiger charge is 2.32. The predicted molar refractivity (Wildman–Crippen MR) is 102 cm³/mol. The van der Waals surface area contributed by atoms with E-state index >= 15 is 0 Å². The summed E-state index contributed by atoms with van der Waals surface area (Å²) >= 11 is 7.62. The van der Waals surface area contributed by atoms with Gasteiger partial charge in [0.1, 0.15) is 11.0 Å². The molecule has 2 aromatic heterocycles. The van der Waals surface area contributed by atoms with Crippen molar-refractivity contribution in [1.82, 2.24) is 14.5 Å². The molecular formula is C19H18ClN3O2S. The van der Waals surface area contributed by atoms with Crippen LogP contribution in [-0.4, -0.2) is 46.5 Å². The summed E-state index contributed by atoms with van der Waals surface area (Å²) in [4.78, 5) is 20.0. The monoisotopic (exact) mass is 387 g/mol. The van der Waals surface area contributed by atoms with Crippen molar-refractivity contribution in [2.75, 3.05) is 26.3 Å². The van der Waals surface area contributed by atoms with Crippen LogP contribution in [0.4, 0.5) is 0 Å². The Hall–Kier alpha value is -1.99. The van der Waals surface area contributed by atoms with Crippen LogP contribution in [0.15, 0.2) is 54.2 Å². The van der Waals surface area contributed by atoms with Crippen LogP contribution in [0.2, 0.25) is 5.02 Å². The predicted octanol–water partition coefficient (Wildman–Crippen LogP) is 3.84. The van der Waals surface area contributed by atoms with Gasteiger partial charge in [0.25, 0.3) is 0 Å². The van der Waals surface area contributed by atoms with Gasteiger partial charge in [0.15, 0.2) is 5.82 Å². The number of aromatic nitrogens is 2. The molecule has 0 aliphatic carbocycles. The molecule has 0 radical (unpaired) electrons. The van der Waals surface area contributed by atoms with Crippen molar-refractivity contribution in [3.8, 4) is 5.00 Å². The standard InChI is InChI=1S/C19H18ClN3O2S/c20-15-5-3-14(4-6-15)17(22-9-11-25-12-10-22)18(24)19-21-7-8-23(19)16-2-1-13-26-16/h1-8,13,17H,9-12H2/t17-/m0/s1. The van der Waals surface area contributed by atoms with Gasteiger partial charge >= 0.3 is 0 Å². The van der Waals surface area contributed by atoms with E-state index in [-0.39, 0.29) is 5.78 Å². The van der Waals surface area contributed by atoms with Crippen LogP contribution in [0.25, 0.3) is 5.00 Å². The highest BCUT2D eigenvalue weighted by Crippen LogP contribution is 2.28. The number of halogens is 1. The lowest BCUT2D eigenvalue weighted by Gasteiger charge is -2.33. The maximum Gasteiger partial charge on any atom is 0.220 e. The zero-order chi connectivity index (χ0) is 17.9. The second-order valence-corrected chi connectivity index (χ2v) is 7.40. The number of morpholine rings is 1. The van der Waals surface area contributed by atoms with Gasteiger partial charge in [0.2, 0.25) is 5.78 Å². The molecule has 4 rings (SSSR count). The first kappa shape index (κ1) is 17.4. The zero-order valence-electron chi connectivity index (χ0n) is 14.0. The molecule has 0 spiro atoms.